The highest BCUT2D eigenvalue weighted by atomic mass is 32.2. The Morgan fingerprint density at radius 3 is 1.51 bits per heavy atom. The largest absolute Gasteiger partial charge is 0.748 e. The van der Waals surface area contributed by atoms with Crippen molar-refractivity contribution in [3.05, 3.63) is 145 Å². The summed E-state index contributed by atoms with van der Waals surface area (Å²) in [5.74, 6) is -1.33. The zero-order valence-corrected chi connectivity index (χ0v) is 75.1. The number of esters is 6. The number of carbonyl (C=O) groups is 6. The zero-order valence-electron chi connectivity index (χ0n) is 73.5. The molecule has 5 aromatic carbocycles. The number of aromatic hydroxyl groups is 1. The first kappa shape index (κ1) is 96.4. The molecule has 120 heavy (non-hydrogen) atoms. The molecule has 18 nitrogen and oxygen atoms in total. The normalized spacial score (nSPS) is 24.8. The van der Waals surface area contributed by atoms with E-state index in [0.29, 0.717) is 62.5 Å². The molecule has 10 aliphatic rings. The Morgan fingerprint density at radius 2 is 1.04 bits per heavy atom. The number of rotatable bonds is 25. The summed E-state index contributed by atoms with van der Waals surface area (Å²) in [4.78, 5) is 77.5. The van der Waals surface area contributed by atoms with E-state index in [1.165, 1.54) is 109 Å². The Kier molecular flexibility index (Phi) is 32.8. The lowest BCUT2D eigenvalue weighted by molar-refractivity contribution is -0.239. The molecule has 1 N–H and O–H groups in total. The van der Waals surface area contributed by atoms with E-state index in [1.807, 2.05) is 62.3 Å². The fraction of sp³-hybridized carbons (Fsp3) is 0.629. The highest BCUT2D eigenvalue weighted by molar-refractivity contribution is 7.97. The van der Waals surface area contributed by atoms with E-state index in [9.17, 15) is 54.9 Å². The van der Waals surface area contributed by atoms with E-state index in [2.05, 4.69) is 148 Å². The Morgan fingerprint density at radius 1 is 0.575 bits per heavy atom. The van der Waals surface area contributed by atoms with Gasteiger partial charge in [-0.05, 0) is 299 Å². The summed E-state index contributed by atoms with van der Waals surface area (Å²) in [5.41, 5.74) is -2.84. The van der Waals surface area contributed by atoms with E-state index in [0.717, 1.165) is 44.3 Å². The number of phenols is 1. The zero-order chi connectivity index (χ0) is 87.9. The van der Waals surface area contributed by atoms with Crippen molar-refractivity contribution in [1.82, 2.24) is 0 Å². The van der Waals surface area contributed by atoms with Gasteiger partial charge in [-0.15, -0.1) is 0 Å². The molecular weight excluding hydrogens is 1570 g/mol. The highest BCUT2D eigenvalue weighted by Crippen LogP contribution is 2.64. The summed E-state index contributed by atoms with van der Waals surface area (Å²) in [6, 6.07) is 47.0. The lowest BCUT2D eigenvalue weighted by Crippen LogP contribution is -2.61. The number of benzene rings is 5. The molecule has 0 spiro atoms. The summed E-state index contributed by atoms with van der Waals surface area (Å²) in [6.45, 7) is 29.5. The molecule has 6 bridgehead atoms. The van der Waals surface area contributed by atoms with E-state index in [4.69, 9.17) is 38.3 Å². The van der Waals surface area contributed by atoms with Gasteiger partial charge in [0.05, 0.1) is 65.9 Å². The number of hydrogen-bond acceptors (Lipinski definition) is 18. The maximum Gasteiger partial charge on any atom is 0.426 e. The van der Waals surface area contributed by atoms with Crippen molar-refractivity contribution in [3.63, 3.8) is 0 Å². The summed E-state index contributed by atoms with van der Waals surface area (Å²) in [7, 11) is -5.29. The standard InChI is InChI=1S/C20H29F3O7S.C18H15S.C17H30O2.C17H26O.C13H18O5.C12H16O3/c1-4-17(2,3)15(24)30-19-8-12-5-13(9-19)7-18(6-12,11-19)16(25)29-14(20(21,22)23)10-31(26,27)28;1-4-10-16(11-5-1)19(17-12-6-2-7-13-17)18-14-8-3-9-15-18;1-4-16(2,3)15(18)19-17(12-8-9-13-17)14-10-6-5-7-11-14;1-4-14(3)15-8-10-16(11-9-15)18-17(5-2)12-6-7-13-17;1-4-13(2,3)12(15)18-9-7-5-6-8(16-7)10(9)17-11(6)14;1-4-12(2,3)11(14)15-10-7-5-9(13)6-8-10/h12-14H,4-11H2,1-3H3,(H,26,27,28);1-15H;14H,4-13H2,1-3H3;8-11,14H,4-7,12-13H2,1-3H3;6-10H,4-5H2,1-3H3;5-8,13H,4H2,1-3H3/q;+1;;;;/p-1. The van der Waals surface area contributed by atoms with Crippen LogP contribution in [0.25, 0.3) is 0 Å². The molecule has 3 heterocycles. The third-order valence-electron chi connectivity index (χ3n) is 27.1. The Hall–Kier alpha value is -7.47. The van der Waals surface area contributed by atoms with Crippen LogP contribution in [0.5, 0.6) is 17.2 Å². The molecule has 10 fully saturated rings. The monoisotopic (exact) mass is 1710 g/mol. The number of phenolic OH excluding ortho intramolecular Hbond substituents is 1. The second-order valence-electron chi connectivity index (χ2n) is 37.5. The smallest absolute Gasteiger partial charge is 0.426 e. The minimum absolute atomic E-state index is 0.00100. The van der Waals surface area contributed by atoms with Crippen molar-refractivity contribution in [1.29, 1.82) is 0 Å². The van der Waals surface area contributed by atoms with Crippen molar-refractivity contribution >= 4 is 56.8 Å². The van der Waals surface area contributed by atoms with Crippen LogP contribution < -0.4 is 9.47 Å². The first-order chi connectivity index (χ1) is 56.5. The van der Waals surface area contributed by atoms with Crippen molar-refractivity contribution in [2.45, 2.75) is 345 Å². The van der Waals surface area contributed by atoms with Crippen molar-refractivity contribution in [2.24, 2.45) is 50.7 Å². The van der Waals surface area contributed by atoms with Gasteiger partial charge in [-0.1, -0.05) is 134 Å². The lowest BCUT2D eigenvalue weighted by Gasteiger charge is -2.60. The van der Waals surface area contributed by atoms with Crippen molar-refractivity contribution in [3.8, 4) is 17.2 Å². The van der Waals surface area contributed by atoms with Crippen LogP contribution >= 0.6 is 0 Å². The van der Waals surface area contributed by atoms with Crippen LogP contribution in [0, 0.1) is 50.7 Å². The van der Waals surface area contributed by atoms with Gasteiger partial charge in [0.15, 0.2) is 26.9 Å². The van der Waals surface area contributed by atoms with Gasteiger partial charge in [0, 0.05) is 6.42 Å². The van der Waals surface area contributed by atoms with Gasteiger partial charge in [-0.3, -0.25) is 28.8 Å². The molecule has 23 heteroatoms. The maximum atomic E-state index is 13.3. The molecule has 0 radical (unpaired) electrons. The van der Waals surface area contributed by atoms with Crippen LogP contribution in [0.1, 0.15) is 282 Å². The first-order valence-electron chi connectivity index (χ1n) is 44.0. The molecule has 7 saturated carbocycles. The van der Waals surface area contributed by atoms with E-state index < -0.39 is 79.6 Å². The van der Waals surface area contributed by atoms with Crippen LogP contribution in [0.3, 0.4) is 0 Å². The van der Waals surface area contributed by atoms with Crippen LogP contribution in [0.15, 0.2) is 154 Å². The van der Waals surface area contributed by atoms with Gasteiger partial charge < -0.3 is 47.6 Å². The van der Waals surface area contributed by atoms with Crippen LogP contribution in [0.4, 0.5) is 13.2 Å². The molecule has 15 rings (SSSR count). The highest BCUT2D eigenvalue weighted by Gasteiger charge is 2.66. The van der Waals surface area contributed by atoms with Crippen LogP contribution in [-0.2, 0) is 78.2 Å². The fourth-order valence-corrected chi connectivity index (χ4v) is 20.7. The molecule has 3 aliphatic heterocycles. The molecule has 9 atom stereocenters. The van der Waals surface area contributed by atoms with Crippen molar-refractivity contribution in [2.75, 3.05) is 5.75 Å². The molecule has 7 aliphatic carbocycles. The van der Waals surface area contributed by atoms with Gasteiger partial charge in [0.25, 0.3) is 0 Å². The number of halogens is 3. The Balaban J connectivity index is 0.000000167. The predicted molar refractivity (Wildman–Crippen MR) is 456 cm³/mol. The fourth-order valence-electron chi connectivity index (χ4n) is 18.0. The number of fused-ring (bicyclic) bond motifs is 1. The van der Waals surface area contributed by atoms with Crippen LogP contribution in [0.2, 0.25) is 0 Å². The Bertz CT molecular complexity index is 4160. The average Bonchev–Trinajstić information content (AvgIpc) is 0.777. The van der Waals surface area contributed by atoms with Gasteiger partial charge in [0.2, 0.25) is 6.10 Å². The van der Waals surface area contributed by atoms with Crippen molar-refractivity contribution < 1.29 is 97.9 Å². The lowest BCUT2D eigenvalue weighted by atomic mass is 9.48. The molecule has 662 valence electrons. The van der Waals surface area contributed by atoms with E-state index in [1.54, 1.807) is 26.0 Å². The summed E-state index contributed by atoms with van der Waals surface area (Å²) in [6.07, 6.45) is 15.2. The molecule has 9 unspecified atom stereocenters. The third-order valence-corrected chi connectivity index (χ3v) is 30.1. The third kappa shape index (κ3) is 24.7. The predicted octanol–water partition coefficient (Wildman–Crippen LogP) is 22.0. The summed E-state index contributed by atoms with van der Waals surface area (Å²) in [5, 5.41) is 9.06. The Labute approximate surface area is 714 Å². The minimum atomic E-state index is -5.27. The second-order valence-corrected chi connectivity index (χ2v) is 41.0. The minimum Gasteiger partial charge on any atom is -0.748 e. The van der Waals surface area contributed by atoms with Crippen LogP contribution in [-0.4, -0.2) is 113 Å². The topological polar surface area (TPSA) is 254 Å². The number of hydrogen-bond donors (Lipinski definition) is 1. The quantitative estimate of drug-likeness (QED) is 0.0187. The first-order valence-corrected chi connectivity index (χ1v) is 46.8. The maximum absolute atomic E-state index is 13.3. The molecular formula is C97H133F3O18S2. The molecule has 5 aromatic rings. The van der Waals surface area contributed by atoms with E-state index in [-0.39, 0.29) is 93.5 Å². The van der Waals surface area contributed by atoms with Gasteiger partial charge >= 0.3 is 42.0 Å². The second kappa shape index (κ2) is 40.9. The number of alkyl halides is 3. The van der Waals surface area contributed by atoms with Gasteiger partial charge in [-0.2, -0.15) is 13.2 Å². The average molecular weight is 1710 g/mol. The SMILES string of the molecule is CCC(C)(C)C(=O)OC1(C2CCCCC2)CCCC1.CCC(C)(C)C(=O)OC12CC3CC(C1)CC(C(=O)OC(CS(=O)(=O)[O-])C(F)(F)F)(C3)C2.CCC(C)(C)C(=O)OC1C2CC3C(=O)OC1C3O2.CCC(C)(C)C(=O)Oc1ccc(O)cc1.CCC(C)c1ccc(OC2(CC)CCCC2)cc1.c1ccc([S+](c2ccccc2)c2ccccc2)cc1. The van der Waals surface area contributed by atoms with E-state index >= 15 is 0 Å². The molecule has 0 amide bonds. The van der Waals surface area contributed by atoms with Gasteiger partial charge in [-0.25, -0.2) is 8.42 Å². The van der Waals surface area contributed by atoms with Gasteiger partial charge in [0.1, 0.15) is 40.2 Å². The number of carbonyl (C=O) groups excluding carboxylic acids is 6. The molecule has 3 saturated heterocycles. The molecule has 0 aromatic heterocycles. The summed E-state index contributed by atoms with van der Waals surface area (Å²) < 4.78 is 117. The summed E-state index contributed by atoms with van der Waals surface area (Å²) >= 11 is 0. The number of ether oxygens (including phenoxy) is 8.